The van der Waals surface area contributed by atoms with E-state index < -0.39 is 0 Å². The zero-order valence-corrected chi connectivity index (χ0v) is 6.48. The monoisotopic (exact) mass is 132 g/mol. The number of aliphatic hydroxyl groups is 1. The van der Waals surface area contributed by atoms with E-state index in [0.717, 1.165) is 6.42 Å². The van der Waals surface area contributed by atoms with Crippen molar-refractivity contribution >= 4 is 0 Å². The molecule has 0 aliphatic rings. The summed E-state index contributed by atoms with van der Waals surface area (Å²) in [5.74, 6) is 0. The summed E-state index contributed by atoms with van der Waals surface area (Å²) in [6.45, 7) is 5.11. The molecule has 0 aromatic carbocycles. The third kappa shape index (κ3) is 4.43. The number of rotatable bonds is 4. The Morgan fingerprint density at radius 1 is 1.44 bits per heavy atom. The van der Waals surface area contributed by atoms with Crippen molar-refractivity contribution in [2.24, 2.45) is 5.41 Å². The summed E-state index contributed by atoms with van der Waals surface area (Å²) in [7, 11) is 1.68. The van der Waals surface area contributed by atoms with Gasteiger partial charge < -0.3 is 9.84 Å². The highest BCUT2D eigenvalue weighted by molar-refractivity contribution is 4.65. The number of hydrogen-bond donors (Lipinski definition) is 1. The first-order valence-corrected chi connectivity index (χ1v) is 3.22. The third-order valence-corrected chi connectivity index (χ3v) is 1.32. The van der Waals surface area contributed by atoms with Crippen molar-refractivity contribution in [3.63, 3.8) is 0 Å². The van der Waals surface area contributed by atoms with Crippen LogP contribution in [-0.2, 0) is 4.74 Å². The number of ether oxygens (including phenoxy) is 1. The maximum Gasteiger partial charge on any atom is 0.0514 e. The molecule has 1 N–H and O–H groups in total. The summed E-state index contributed by atoms with van der Waals surface area (Å²) in [5.41, 5.74) is 0.128. The Balaban J connectivity index is 3.43. The van der Waals surface area contributed by atoms with Crippen LogP contribution in [0.15, 0.2) is 0 Å². The topological polar surface area (TPSA) is 29.5 Å². The fourth-order valence-electron chi connectivity index (χ4n) is 0.766. The Morgan fingerprint density at radius 2 is 2.00 bits per heavy atom. The van der Waals surface area contributed by atoms with Crippen LogP contribution in [0.3, 0.4) is 0 Å². The average molecular weight is 132 g/mol. The summed E-state index contributed by atoms with van der Waals surface area (Å²) in [4.78, 5) is 0. The molecule has 9 heavy (non-hydrogen) atoms. The van der Waals surface area contributed by atoms with Crippen LogP contribution in [-0.4, -0.2) is 25.4 Å². The summed E-state index contributed by atoms with van der Waals surface area (Å²) in [6, 6.07) is 0. The second kappa shape index (κ2) is 3.85. The van der Waals surface area contributed by atoms with Crippen molar-refractivity contribution in [1.29, 1.82) is 0 Å². The van der Waals surface area contributed by atoms with E-state index in [1.54, 1.807) is 7.11 Å². The van der Waals surface area contributed by atoms with Crippen LogP contribution < -0.4 is 0 Å². The first kappa shape index (κ1) is 8.92. The molecule has 0 spiro atoms. The molecule has 0 bridgehead atoms. The van der Waals surface area contributed by atoms with Gasteiger partial charge in [0.15, 0.2) is 0 Å². The molecule has 0 heterocycles. The van der Waals surface area contributed by atoms with Gasteiger partial charge in [0.25, 0.3) is 0 Å². The molecule has 56 valence electrons. The van der Waals surface area contributed by atoms with E-state index in [-0.39, 0.29) is 12.0 Å². The molecular formula is C7H16O2. The molecule has 2 nitrogen and oxygen atoms in total. The molecule has 0 atom stereocenters. The zero-order chi connectivity index (χ0) is 7.33. The average Bonchev–Trinajstić information content (AvgIpc) is 1.64. The van der Waals surface area contributed by atoms with E-state index in [0.29, 0.717) is 6.61 Å². The van der Waals surface area contributed by atoms with E-state index in [1.807, 2.05) is 0 Å². The largest absolute Gasteiger partial charge is 0.396 e. The van der Waals surface area contributed by atoms with Crippen molar-refractivity contribution in [3.8, 4) is 0 Å². The molecule has 2 heteroatoms. The molecule has 0 aromatic rings. The Kier molecular flexibility index (Phi) is 3.82. The van der Waals surface area contributed by atoms with Crippen LogP contribution in [0.25, 0.3) is 0 Å². The van der Waals surface area contributed by atoms with E-state index in [4.69, 9.17) is 9.84 Å². The Labute approximate surface area is 56.8 Å². The quantitative estimate of drug-likeness (QED) is 0.619. The van der Waals surface area contributed by atoms with Crippen LogP contribution >= 0.6 is 0 Å². The molecule has 0 saturated carbocycles. The summed E-state index contributed by atoms with van der Waals surface area (Å²) in [5, 5.41) is 8.57. The van der Waals surface area contributed by atoms with Gasteiger partial charge in [-0.3, -0.25) is 0 Å². The van der Waals surface area contributed by atoms with Crippen molar-refractivity contribution in [2.75, 3.05) is 20.3 Å². The van der Waals surface area contributed by atoms with Gasteiger partial charge >= 0.3 is 0 Å². The first-order chi connectivity index (χ1) is 4.12. The fraction of sp³-hybridized carbons (Fsp3) is 1.00. The number of hydrogen-bond acceptors (Lipinski definition) is 2. The van der Waals surface area contributed by atoms with Gasteiger partial charge in [-0.1, -0.05) is 13.8 Å². The lowest BCUT2D eigenvalue weighted by atomic mass is 9.91. The van der Waals surface area contributed by atoms with Gasteiger partial charge in [0.2, 0.25) is 0 Å². The predicted octanol–water partition coefficient (Wildman–Crippen LogP) is 1.04. The van der Waals surface area contributed by atoms with Crippen molar-refractivity contribution < 1.29 is 9.84 Å². The van der Waals surface area contributed by atoms with Gasteiger partial charge in [0, 0.05) is 13.7 Å². The Bertz CT molecular complexity index is 61.3. The minimum absolute atomic E-state index is 0.128. The second-order valence-electron chi connectivity index (χ2n) is 3.07. The van der Waals surface area contributed by atoms with Gasteiger partial charge in [0.1, 0.15) is 0 Å². The van der Waals surface area contributed by atoms with Crippen molar-refractivity contribution in [2.45, 2.75) is 20.3 Å². The van der Waals surface area contributed by atoms with Crippen LogP contribution in [0.4, 0.5) is 0 Å². The summed E-state index contributed by atoms with van der Waals surface area (Å²) in [6.07, 6.45) is 0.806. The van der Waals surface area contributed by atoms with Crippen molar-refractivity contribution in [3.05, 3.63) is 0 Å². The van der Waals surface area contributed by atoms with E-state index in [2.05, 4.69) is 13.8 Å². The fourth-order valence-corrected chi connectivity index (χ4v) is 0.766. The minimum Gasteiger partial charge on any atom is -0.396 e. The number of methoxy groups -OCH3 is 1. The van der Waals surface area contributed by atoms with Gasteiger partial charge in [-0.05, 0) is 11.8 Å². The van der Waals surface area contributed by atoms with Gasteiger partial charge in [-0.2, -0.15) is 0 Å². The zero-order valence-electron chi connectivity index (χ0n) is 6.48. The van der Waals surface area contributed by atoms with E-state index in [1.165, 1.54) is 0 Å². The third-order valence-electron chi connectivity index (χ3n) is 1.32. The molecule has 0 unspecified atom stereocenters. The molecule has 0 radical (unpaired) electrons. The summed E-state index contributed by atoms with van der Waals surface area (Å²) < 4.78 is 4.95. The van der Waals surface area contributed by atoms with E-state index >= 15 is 0 Å². The SMILES string of the molecule is COCC(C)(C)CCO. The normalized spacial score (nSPS) is 12.0. The minimum atomic E-state index is 0.128. The number of aliphatic hydroxyl groups excluding tert-OH is 1. The highest BCUT2D eigenvalue weighted by atomic mass is 16.5. The van der Waals surface area contributed by atoms with Gasteiger partial charge in [-0.25, -0.2) is 0 Å². The molecular weight excluding hydrogens is 116 g/mol. The highest BCUT2D eigenvalue weighted by Gasteiger charge is 2.15. The molecule has 0 aliphatic heterocycles. The lowest BCUT2D eigenvalue weighted by Gasteiger charge is -2.21. The van der Waals surface area contributed by atoms with Gasteiger partial charge in [0.05, 0.1) is 6.61 Å². The lowest BCUT2D eigenvalue weighted by molar-refractivity contribution is 0.0826. The molecule has 0 aliphatic carbocycles. The molecule has 0 amide bonds. The lowest BCUT2D eigenvalue weighted by Crippen LogP contribution is -2.19. The van der Waals surface area contributed by atoms with Crippen LogP contribution in [0.5, 0.6) is 0 Å². The Morgan fingerprint density at radius 3 is 2.33 bits per heavy atom. The molecule has 0 rings (SSSR count). The molecule has 0 aromatic heterocycles. The first-order valence-electron chi connectivity index (χ1n) is 3.22. The van der Waals surface area contributed by atoms with Crippen molar-refractivity contribution in [1.82, 2.24) is 0 Å². The van der Waals surface area contributed by atoms with Crippen LogP contribution in [0.2, 0.25) is 0 Å². The standard InChI is InChI=1S/C7H16O2/c1-7(2,4-5-8)6-9-3/h8H,4-6H2,1-3H3. The highest BCUT2D eigenvalue weighted by Crippen LogP contribution is 2.18. The maximum atomic E-state index is 8.57. The second-order valence-corrected chi connectivity index (χ2v) is 3.07. The summed E-state index contributed by atoms with van der Waals surface area (Å²) >= 11 is 0. The molecule has 0 saturated heterocycles. The van der Waals surface area contributed by atoms with Gasteiger partial charge in [-0.15, -0.1) is 0 Å². The maximum absolute atomic E-state index is 8.57. The van der Waals surface area contributed by atoms with Crippen LogP contribution in [0.1, 0.15) is 20.3 Å². The Hall–Kier alpha value is -0.0800. The smallest absolute Gasteiger partial charge is 0.0514 e. The van der Waals surface area contributed by atoms with E-state index in [9.17, 15) is 0 Å². The predicted molar refractivity (Wildman–Crippen MR) is 37.4 cm³/mol. The molecule has 0 fully saturated rings. The van der Waals surface area contributed by atoms with Crippen LogP contribution in [0, 0.1) is 5.41 Å².